The van der Waals surface area contributed by atoms with Crippen LogP contribution < -0.4 is 21.0 Å². The normalized spacial score (nSPS) is 18.6. The summed E-state index contributed by atoms with van der Waals surface area (Å²) < 4.78 is 13.6. The highest BCUT2D eigenvalue weighted by Crippen LogP contribution is 2.38. The van der Waals surface area contributed by atoms with Gasteiger partial charge in [-0.3, -0.25) is 14.5 Å². The summed E-state index contributed by atoms with van der Waals surface area (Å²) in [6.07, 6.45) is 2.10. The van der Waals surface area contributed by atoms with Crippen LogP contribution >= 0.6 is 22.9 Å². The van der Waals surface area contributed by atoms with Gasteiger partial charge >= 0.3 is 0 Å². The van der Waals surface area contributed by atoms with E-state index in [1.807, 2.05) is 48.5 Å². The molecule has 1 unspecified atom stereocenters. The van der Waals surface area contributed by atoms with E-state index in [4.69, 9.17) is 25.7 Å². The molecule has 3 N–H and O–H groups in total. The van der Waals surface area contributed by atoms with E-state index in [1.165, 1.54) is 21.7 Å². The predicted molar refractivity (Wildman–Crippen MR) is 249 cm³/mol. The maximum absolute atomic E-state index is 14.1. The van der Waals surface area contributed by atoms with Crippen LogP contribution in [0, 0.1) is 5.92 Å². The number of nitrogens with zero attached hydrogens (tertiary/aromatic N) is 2. The molecule has 3 atom stereocenters. The molecule has 0 saturated heterocycles. The van der Waals surface area contributed by atoms with E-state index in [9.17, 15) is 9.59 Å². The van der Waals surface area contributed by atoms with Crippen LogP contribution in [0.3, 0.4) is 0 Å². The summed E-state index contributed by atoms with van der Waals surface area (Å²) in [7, 11) is -2.73. The van der Waals surface area contributed by atoms with Crippen molar-refractivity contribution in [1.29, 1.82) is 0 Å². The van der Waals surface area contributed by atoms with Gasteiger partial charge in [0.25, 0.3) is 20.1 Å². The Morgan fingerprint density at radius 1 is 0.852 bits per heavy atom. The fourth-order valence-electron chi connectivity index (χ4n) is 9.16. The van der Waals surface area contributed by atoms with Gasteiger partial charge in [0.2, 0.25) is 0 Å². The number of rotatable bonds is 14. The predicted octanol–water partition coefficient (Wildman–Crippen LogP) is 8.51. The minimum Gasteiger partial charge on any atom is -0.406 e. The fourth-order valence-corrected chi connectivity index (χ4v) is 15.1. The molecular formula is C49H56ClN5O4SSi. The molecule has 2 aromatic heterocycles. The number of fused-ring (bicyclic) bond motifs is 2. The van der Waals surface area contributed by atoms with Gasteiger partial charge in [0, 0.05) is 64.5 Å². The average Bonchev–Trinajstić information content (AvgIpc) is 3.98. The zero-order valence-electron chi connectivity index (χ0n) is 35.7. The maximum Gasteiger partial charge on any atom is 0.280 e. The third-order valence-corrected chi connectivity index (χ3v) is 18.7. The number of benzene rings is 4. The van der Waals surface area contributed by atoms with Gasteiger partial charge in [0.15, 0.2) is 5.01 Å². The minimum atomic E-state index is -2.73. The Morgan fingerprint density at radius 2 is 1.48 bits per heavy atom. The zero-order valence-corrected chi connectivity index (χ0v) is 38.2. The highest BCUT2D eigenvalue weighted by molar-refractivity contribution is 7.13. The molecule has 318 valence electrons. The van der Waals surface area contributed by atoms with E-state index in [1.54, 1.807) is 6.07 Å². The number of hydrogen-bond donors (Lipinski definition) is 3. The quantitative estimate of drug-likeness (QED) is 0.0949. The molecule has 1 aliphatic carbocycles. The Kier molecular flexibility index (Phi) is 12.7. The summed E-state index contributed by atoms with van der Waals surface area (Å²) in [4.78, 5) is 39.4. The number of aromatic nitrogens is 2. The topological polar surface area (TPSA) is 109 Å². The molecule has 9 nitrogen and oxygen atoms in total. The monoisotopic (exact) mass is 873 g/mol. The number of hydrogen-bond acceptors (Lipinski definition) is 7. The van der Waals surface area contributed by atoms with E-state index >= 15 is 0 Å². The summed E-state index contributed by atoms with van der Waals surface area (Å²) in [5, 5.41) is 10.9. The van der Waals surface area contributed by atoms with Crippen LogP contribution in [0.2, 0.25) is 10.1 Å². The van der Waals surface area contributed by atoms with Crippen molar-refractivity contribution in [2.24, 2.45) is 5.92 Å². The second kappa shape index (κ2) is 18.0. The van der Waals surface area contributed by atoms with Crippen LogP contribution in [0.15, 0.2) is 115 Å². The van der Waals surface area contributed by atoms with Crippen LogP contribution in [0.4, 0.5) is 0 Å². The number of H-pyrrole nitrogens is 1. The van der Waals surface area contributed by atoms with Crippen LogP contribution in [-0.4, -0.2) is 72.4 Å². The number of halogens is 1. The molecule has 0 radical (unpaired) electrons. The van der Waals surface area contributed by atoms with Gasteiger partial charge in [-0.15, -0.1) is 11.3 Å². The van der Waals surface area contributed by atoms with Crippen LogP contribution in [-0.2, 0) is 28.7 Å². The lowest BCUT2D eigenvalue weighted by molar-refractivity contribution is 0.0530. The van der Waals surface area contributed by atoms with Crippen molar-refractivity contribution in [2.45, 2.75) is 89.7 Å². The Morgan fingerprint density at radius 3 is 2.11 bits per heavy atom. The van der Waals surface area contributed by atoms with Gasteiger partial charge in [-0.1, -0.05) is 123 Å². The lowest BCUT2D eigenvalue weighted by Crippen LogP contribution is -2.68. The van der Waals surface area contributed by atoms with Crippen molar-refractivity contribution in [3.63, 3.8) is 0 Å². The van der Waals surface area contributed by atoms with Crippen LogP contribution in [0.25, 0.3) is 10.9 Å². The van der Waals surface area contributed by atoms with Crippen molar-refractivity contribution in [3.05, 3.63) is 147 Å². The Balaban J connectivity index is 0.955. The molecule has 0 bridgehead atoms. The van der Waals surface area contributed by atoms with Gasteiger partial charge < -0.3 is 24.8 Å². The number of carbonyl (C=O) groups excluding carboxylic acids is 2. The largest absolute Gasteiger partial charge is 0.406 e. The zero-order chi connectivity index (χ0) is 42.8. The highest BCUT2D eigenvalue weighted by atomic mass is 35.5. The molecule has 12 heteroatoms. The van der Waals surface area contributed by atoms with Gasteiger partial charge in [-0.2, -0.15) is 0 Å². The minimum absolute atomic E-state index is 0.123. The molecule has 2 aliphatic rings. The molecule has 1 saturated carbocycles. The Hall–Kier alpha value is -4.62. The molecular weight excluding hydrogens is 818 g/mol. The lowest BCUT2D eigenvalue weighted by atomic mass is 10.0. The maximum atomic E-state index is 14.1. The molecule has 61 heavy (non-hydrogen) atoms. The first kappa shape index (κ1) is 43.0. The standard InChI is InChI=1S/C49H56ClN5O4SSi/c1-48(2,3)61(37-17-11-7-12-18-37,38-19-13-8-14-20-38)59-32-49(4,5)55-24-23-40-44(29-55)60-47(54-40)46(57)53-42-26-34(31-58-30-33-15-9-6-10-16-33)25-41(42)52-45(56)43-28-35-27-36(50)21-22-39(35)51-43/h6-22,27-28,34,41-42,51H,23-26,29-32H2,1-5H3,(H,52,56)(H,53,57)/t34?,41-,42-/m1/s1. The van der Waals surface area contributed by atoms with E-state index in [0.717, 1.165) is 40.0 Å². The first-order valence-electron chi connectivity index (χ1n) is 21.3. The van der Waals surface area contributed by atoms with Crippen molar-refractivity contribution in [3.8, 4) is 0 Å². The molecule has 8 rings (SSSR count). The number of thiazole rings is 1. The number of aromatic amines is 1. The van der Waals surface area contributed by atoms with Gasteiger partial charge in [-0.25, -0.2) is 4.98 Å². The SMILES string of the molecule is CC(C)(CO[Si](c1ccccc1)(c1ccccc1)C(C)(C)C)N1CCc2nc(C(=O)N[C@@H]3CC(COCc4ccccc4)C[C@H]3NC(=O)c3cc4cc(Cl)ccc4[nH]3)sc2C1. The van der Waals surface area contributed by atoms with Crippen molar-refractivity contribution in [1.82, 2.24) is 25.5 Å². The second-order valence-corrected chi connectivity index (χ2v) is 24.1. The molecule has 1 aliphatic heterocycles. The number of carbonyl (C=O) groups is 2. The molecule has 1 fully saturated rings. The Bertz CT molecular complexity index is 2410. The summed E-state index contributed by atoms with van der Waals surface area (Å²) in [6.45, 7) is 14.6. The summed E-state index contributed by atoms with van der Waals surface area (Å²) in [5.41, 5.74) is 3.08. The smallest absolute Gasteiger partial charge is 0.280 e. The van der Waals surface area contributed by atoms with Crippen molar-refractivity contribution < 1.29 is 18.8 Å². The first-order chi connectivity index (χ1) is 29.3. The van der Waals surface area contributed by atoms with Gasteiger partial charge in [0.05, 0.1) is 18.9 Å². The van der Waals surface area contributed by atoms with E-state index in [0.29, 0.717) is 54.9 Å². The van der Waals surface area contributed by atoms with Crippen molar-refractivity contribution >= 4 is 64.3 Å². The molecule has 3 heterocycles. The Labute approximate surface area is 369 Å². The fraction of sp³-hybridized carbons (Fsp3) is 0.367. The summed E-state index contributed by atoms with van der Waals surface area (Å²) in [5.74, 6) is -0.295. The number of nitrogens with one attached hydrogen (secondary N) is 3. The van der Waals surface area contributed by atoms with E-state index in [2.05, 4.69) is 116 Å². The molecule has 2 amide bonds. The third kappa shape index (κ3) is 9.43. The average molecular weight is 875 g/mol. The van der Waals surface area contributed by atoms with Gasteiger partial charge in [0.1, 0.15) is 5.69 Å². The first-order valence-corrected chi connectivity index (χ1v) is 24.4. The highest BCUT2D eigenvalue weighted by Gasteiger charge is 2.51. The van der Waals surface area contributed by atoms with Crippen LogP contribution in [0.1, 0.15) is 83.9 Å². The van der Waals surface area contributed by atoms with Crippen LogP contribution in [0.5, 0.6) is 0 Å². The molecule has 0 spiro atoms. The summed E-state index contributed by atoms with van der Waals surface area (Å²) in [6, 6.07) is 38.4. The second-order valence-electron chi connectivity index (χ2n) is 18.2. The van der Waals surface area contributed by atoms with Crippen molar-refractivity contribution in [2.75, 3.05) is 19.8 Å². The lowest BCUT2D eigenvalue weighted by Gasteiger charge is -2.47. The summed E-state index contributed by atoms with van der Waals surface area (Å²) >= 11 is 7.69. The number of amides is 2. The van der Waals surface area contributed by atoms with E-state index < -0.39 is 8.32 Å². The third-order valence-electron chi connectivity index (χ3n) is 12.4. The van der Waals surface area contributed by atoms with Gasteiger partial charge in [-0.05, 0) is 77.8 Å². The van der Waals surface area contributed by atoms with E-state index in [-0.39, 0.29) is 40.4 Å². The molecule has 6 aromatic rings. The number of ether oxygens (including phenoxy) is 1. The molecule has 4 aromatic carbocycles.